The normalized spacial score (nSPS) is 28.0. The lowest BCUT2D eigenvalue weighted by Gasteiger charge is -2.41. The van der Waals surface area contributed by atoms with E-state index in [4.69, 9.17) is 0 Å². The first-order valence-corrected chi connectivity index (χ1v) is 10.9. The Morgan fingerprint density at radius 1 is 1.04 bits per heavy atom. The van der Waals surface area contributed by atoms with Crippen LogP contribution < -0.4 is 0 Å². The van der Waals surface area contributed by atoms with Gasteiger partial charge < -0.3 is 4.90 Å². The maximum atomic E-state index is 13.5. The molecule has 2 heterocycles. The molecule has 2 saturated heterocycles. The molecule has 27 heavy (non-hydrogen) atoms. The summed E-state index contributed by atoms with van der Waals surface area (Å²) in [6.45, 7) is 3.85. The van der Waals surface area contributed by atoms with Gasteiger partial charge >= 0.3 is 0 Å². The van der Waals surface area contributed by atoms with Crippen molar-refractivity contribution in [2.75, 3.05) is 19.6 Å². The molecular formula is C23H33FN2O. The molecule has 1 spiro atoms. The van der Waals surface area contributed by atoms with E-state index in [1.54, 1.807) is 12.1 Å². The topological polar surface area (TPSA) is 23.6 Å². The lowest BCUT2D eigenvalue weighted by molar-refractivity contribution is -0.132. The zero-order valence-electron chi connectivity index (χ0n) is 16.5. The van der Waals surface area contributed by atoms with Crippen LogP contribution >= 0.6 is 0 Å². The molecule has 0 N–H and O–H groups in total. The number of carbonyl (C=O) groups is 1. The third kappa shape index (κ3) is 4.37. The molecule has 3 nitrogen and oxygen atoms in total. The monoisotopic (exact) mass is 372 g/mol. The van der Waals surface area contributed by atoms with E-state index in [1.165, 1.54) is 38.2 Å². The Labute approximate surface area is 162 Å². The van der Waals surface area contributed by atoms with E-state index >= 15 is 0 Å². The average molecular weight is 373 g/mol. The zero-order chi connectivity index (χ0) is 18.7. The summed E-state index contributed by atoms with van der Waals surface area (Å²) in [5.74, 6) is 0.947. The highest BCUT2D eigenvalue weighted by molar-refractivity contribution is 5.79. The van der Waals surface area contributed by atoms with Crippen molar-refractivity contribution in [3.05, 3.63) is 35.6 Å². The summed E-state index contributed by atoms with van der Waals surface area (Å²) < 4.78 is 13.5. The summed E-state index contributed by atoms with van der Waals surface area (Å²) in [6, 6.07) is 6.97. The number of hydrogen-bond donors (Lipinski definition) is 0. The number of hydrogen-bond acceptors (Lipinski definition) is 2. The van der Waals surface area contributed by atoms with Crippen molar-refractivity contribution >= 4 is 5.91 Å². The van der Waals surface area contributed by atoms with Gasteiger partial charge in [-0.1, -0.05) is 31.4 Å². The fraction of sp³-hybridized carbons (Fsp3) is 0.696. The maximum absolute atomic E-state index is 13.5. The van der Waals surface area contributed by atoms with Crippen LogP contribution in [0.25, 0.3) is 0 Å². The highest BCUT2D eigenvalue weighted by atomic mass is 19.1. The van der Waals surface area contributed by atoms with E-state index in [2.05, 4.69) is 9.80 Å². The van der Waals surface area contributed by atoms with Gasteiger partial charge in [-0.2, -0.15) is 0 Å². The molecule has 4 heteroatoms. The van der Waals surface area contributed by atoms with Crippen LogP contribution in [-0.4, -0.2) is 40.9 Å². The Morgan fingerprint density at radius 3 is 2.70 bits per heavy atom. The summed E-state index contributed by atoms with van der Waals surface area (Å²) in [5.41, 5.74) is 1.14. The predicted molar refractivity (Wildman–Crippen MR) is 106 cm³/mol. The molecule has 1 aromatic carbocycles. The highest BCUT2D eigenvalue weighted by Crippen LogP contribution is 2.41. The minimum Gasteiger partial charge on any atom is -0.337 e. The number of halogens is 1. The molecule has 3 aliphatic rings. The highest BCUT2D eigenvalue weighted by Gasteiger charge is 2.46. The molecule has 1 atom stereocenters. The van der Waals surface area contributed by atoms with Gasteiger partial charge in [-0.05, 0) is 68.7 Å². The molecule has 2 aliphatic heterocycles. The quantitative estimate of drug-likeness (QED) is 0.761. The lowest BCUT2D eigenvalue weighted by Crippen LogP contribution is -2.48. The minimum atomic E-state index is -0.154. The van der Waals surface area contributed by atoms with Gasteiger partial charge in [0.25, 0.3) is 0 Å². The van der Waals surface area contributed by atoms with Crippen molar-refractivity contribution in [2.24, 2.45) is 5.92 Å². The SMILES string of the molecule is O=C1CC[C@@]2(CCCN(Cc3cccc(F)c3)CC2)N1CC1CCCCC1. The molecule has 0 bridgehead atoms. The molecular weight excluding hydrogens is 339 g/mol. The minimum absolute atomic E-state index is 0.0885. The number of amides is 1. The van der Waals surface area contributed by atoms with Gasteiger partial charge in [0.05, 0.1) is 0 Å². The molecule has 1 amide bonds. The van der Waals surface area contributed by atoms with Gasteiger partial charge in [0.15, 0.2) is 0 Å². The zero-order valence-corrected chi connectivity index (χ0v) is 16.5. The summed E-state index contributed by atoms with van der Waals surface area (Å²) in [6.07, 6.45) is 11.7. The van der Waals surface area contributed by atoms with Crippen LogP contribution in [-0.2, 0) is 11.3 Å². The number of carbonyl (C=O) groups excluding carboxylic acids is 1. The predicted octanol–water partition coefficient (Wildman–Crippen LogP) is 4.75. The molecule has 1 saturated carbocycles. The molecule has 0 aromatic heterocycles. The van der Waals surface area contributed by atoms with Crippen molar-refractivity contribution < 1.29 is 9.18 Å². The van der Waals surface area contributed by atoms with Crippen molar-refractivity contribution in [3.63, 3.8) is 0 Å². The van der Waals surface area contributed by atoms with E-state index in [1.807, 2.05) is 6.07 Å². The van der Waals surface area contributed by atoms with Crippen LogP contribution in [0, 0.1) is 11.7 Å². The van der Waals surface area contributed by atoms with E-state index < -0.39 is 0 Å². The number of rotatable bonds is 4. The largest absolute Gasteiger partial charge is 0.337 e. The number of benzene rings is 1. The number of likely N-dealkylation sites (tertiary alicyclic amines) is 2. The lowest BCUT2D eigenvalue weighted by atomic mass is 9.84. The van der Waals surface area contributed by atoms with Gasteiger partial charge in [-0.15, -0.1) is 0 Å². The van der Waals surface area contributed by atoms with Crippen LogP contribution in [0.4, 0.5) is 4.39 Å². The van der Waals surface area contributed by atoms with Gasteiger partial charge in [0.2, 0.25) is 5.91 Å². The van der Waals surface area contributed by atoms with Crippen LogP contribution in [0.1, 0.15) is 69.8 Å². The summed E-state index contributed by atoms with van der Waals surface area (Å²) >= 11 is 0. The molecule has 4 rings (SSSR count). The average Bonchev–Trinajstić information content (AvgIpc) is 2.84. The second-order valence-corrected chi connectivity index (χ2v) is 8.99. The maximum Gasteiger partial charge on any atom is 0.223 e. The van der Waals surface area contributed by atoms with E-state index in [9.17, 15) is 9.18 Å². The standard InChI is InChI=1S/C23H33FN2O/c24-21-9-4-8-20(16-21)17-25-14-5-11-23(13-15-25)12-10-22(27)26(23)18-19-6-2-1-3-7-19/h4,8-9,16,19H,1-3,5-7,10-15,17-18H2/t23-/m1/s1. The Hall–Kier alpha value is -1.42. The molecule has 1 aromatic rings. The molecule has 148 valence electrons. The fourth-order valence-electron chi connectivity index (χ4n) is 5.60. The Kier molecular flexibility index (Phi) is 5.82. The van der Waals surface area contributed by atoms with Gasteiger partial charge in [0.1, 0.15) is 5.82 Å². The first-order chi connectivity index (χ1) is 13.1. The third-order valence-electron chi connectivity index (χ3n) is 7.15. The summed E-state index contributed by atoms with van der Waals surface area (Å²) in [5, 5.41) is 0. The second kappa shape index (κ2) is 8.30. The molecule has 0 radical (unpaired) electrons. The fourth-order valence-corrected chi connectivity index (χ4v) is 5.60. The van der Waals surface area contributed by atoms with Crippen LogP contribution in [0.2, 0.25) is 0 Å². The van der Waals surface area contributed by atoms with Crippen molar-refractivity contribution in [1.82, 2.24) is 9.80 Å². The van der Waals surface area contributed by atoms with Crippen LogP contribution in [0.5, 0.6) is 0 Å². The van der Waals surface area contributed by atoms with Crippen molar-refractivity contribution in [3.8, 4) is 0 Å². The molecule has 1 aliphatic carbocycles. The van der Waals surface area contributed by atoms with Crippen molar-refractivity contribution in [2.45, 2.75) is 76.3 Å². The smallest absolute Gasteiger partial charge is 0.223 e. The van der Waals surface area contributed by atoms with Crippen molar-refractivity contribution in [1.29, 1.82) is 0 Å². The van der Waals surface area contributed by atoms with E-state index in [-0.39, 0.29) is 11.4 Å². The van der Waals surface area contributed by atoms with Crippen LogP contribution in [0.15, 0.2) is 24.3 Å². The third-order valence-corrected chi connectivity index (χ3v) is 7.15. The van der Waals surface area contributed by atoms with Gasteiger partial charge in [0, 0.05) is 31.6 Å². The van der Waals surface area contributed by atoms with Gasteiger partial charge in [-0.25, -0.2) is 4.39 Å². The Balaban J connectivity index is 1.41. The van der Waals surface area contributed by atoms with Crippen LogP contribution in [0.3, 0.4) is 0 Å². The Bertz CT molecular complexity index is 658. The van der Waals surface area contributed by atoms with Gasteiger partial charge in [-0.3, -0.25) is 9.69 Å². The first-order valence-electron chi connectivity index (χ1n) is 10.9. The van der Waals surface area contributed by atoms with E-state index in [0.717, 1.165) is 63.8 Å². The summed E-state index contributed by atoms with van der Waals surface area (Å²) in [4.78, 5) is 17.5. The second-order valence-electron chi connectivity index (χ2n) is 8.99. The summed E-state index contributed by atoms with van der Waals surface area (Å²) in [7, 11) is 0. The molecule has 0 unspecified atom stereocenters. The van der Waals surface area contributed by atoms with E-state index in [0.29, 0.717) is 11.8 Å². The number of nitrogens with zero attached hydrogens (tertiary/aromatic N) is 2. The first kappa shape index (κ1) is 18.9. The Morgan fingerprint density at radius 2 is 1.89 bits per heavy atom. The molecule has 3 fully saturated rings.